The van der Waals surface area contributed by atoms with Crippen LogP contribution in [0.4, 0.5) is 8.78 Å². The van der Waals surface area contributed by atoms with Crippen molar-refractivity contribution in [3.63, 3.8) is 0 Å². The van der Waals surface area contributed by atoms with Crippen LogP contribution in [0.1, 0.15) is 15.9 Å². The first-order valence-corrected chi connectivity index (χ1v) is 6.59. The van der Waals surface area contributed by atoms with E-state index in [1.807, 2.05) is 30.3 Å². The number of nitrogens with two attached hydrogens (primary N) is 1. The number of halogens is 2. The van der Waals surface area contributed by atoms with Gasteiger partial charge in [0.2, 0.25) is 0 Å². The van der Waals surface area contributed by atoms with Crippen LogP contribution in [0, 0.1) is 11.6 Å². The molecule has 0 heterocycles. The number of carbonyl (C=O) groups is 1. The maximum Gasteiger partial charge on any atom is 0.251 e. The fourth-order valence-electron chi connectivity index (χ4n) is 2.05. The minimum Gasteiger partial charge on any atom is -0.348 e. The van der Waals surface area contributed by atoms with Gasteiger partial charge in [0, 0.05) is 24.2 Å². The summed E-state index contributed by atoms with van der Waals surface area (Å²) in [6.45, 7) is 0.235. The predicted molar refractivity (Wildman–Crippen MR) is 76.8 cm³/mol. The number of rotatable bonds is 5. The summed E-state index contributed by atoms with van der Waals surface area (Å²) in [6, 6.07) is 12.0. The van der Waals surface area contributed by atoms with Crippen LogP contribution >= 0.6 is 0 Å². The van der Waals surface area contributed by atoms with Crippen LogP contribution < -0.4 is 11.1 Å². The first-order valence-electron chi connectivity index (χ1n) is 6.59. The van der Waals surface area contributed by atoms with Crippen LogP contribution in [0.5, 0.6) is 0 Å². The van der Waals surface area contributed by atoms with E-state index >= 15 is 0 Å². The molecule has 1 amide bonds. The van der Waals surface area contributed by atoms with E-state index in [0.717, 1.165) is 23.8 Å². The summed E-state index contributed by atoms with van der Waals surface area (Å²) in [5.41, 5.74) is 6.61. The van der Waals surface area contributed by atoms with Gasteiger partial charge in [-0.1, -0.05) is 30.3 Å². The lowest BCUT2D eigenvalue weighted by atomic mass is 10.1. The van der Waals surface area contributed by atoms with Gasteiger partial charge >= 0.3 is 0 Å². The first-order chi connectivity index (χ1) is 10.1. The Kier molecular flexibility index (Phi) is 5.00. The van der Waals surface area contributed by atoms with E-state index in [1.165, 1.54) is 0 Å². The van der Waals surface area contributed by atoms with E-state index in [9.17, 15) is 13.6 Å². The third kappa shape index (κ3) is 4.36. The van der Waals surface area contributed by atoms with E-state index < -0.39 is 17.5 Å². The van der Waals surface area contributed by atoms with Gasteiger partial charge in [0.15, 0.2) is 0 Å². The van der Waals surface area contributed by atoms with Gasteiger partial charge in [0.1, 0.15) is 11.6 Å². The smallest absolute Gasteiger partial charge is 0.251 e. The first kappa shape index (κ1) is 15.1. The monoisotopic (exact) mass is 290 g/mol. The third-order valence-corrected chi connectivity index (χ3v) is 3.07. The Hall–Kier alpha value is -2.27. The molecule has 0 fully saturated rings. The highest BCUT2D eigenvalue weighted by Gasteiger charge is 2.14. The molecule has 0 saturated carbocycles. The van der Waals surface area contributed by atoms with Crippen LogP contribution in [0.15, 0.2) is 48.5 Å². The molecule has 1 atom stereocenters. The summed E-state index contributed by atoms with van der Waals surface area (Å²) in [4.78, 5) is 12.0. The fraction of sp³-hybridized carbons (Fsp3) is 0.188. The Morgan fingerprint density at radius 2 is 1.71 bits per heavy atom. The molecule has 0 spiro atoms. The normalized spacial score (nSPS) is 12.0. The standard InChI is InChI=1S/C16H16F2N2O/c17-13-7-12(8-14(18)9-13)16(21)20-15(10-19)6-11-4-2-1-3-5-11/h1-5,7-9,15H,6,10,19H2,(H,20,21). The number of hydrogen-bond donors (Lipinski definition) is 2. The van der Waals surface area contributed by atoms with Gasteiger partial charge in [0.25, 0.3) is 5.91 Å². The number of amides is 1. The van der Waals surface area contributed by atoms with Gasteiger partial charge in [-0.05, 0) is 24.1 Å². The molecule has 3 N–H and O–H groups in total. The minimum atomic E-state index is -0.785. The van der Waals surface area contributed by atoms with Crippen molar-refractivity contribution < 1.29 is 13.6 Å². The molecule has 0 aliphatic heterocycles. The minimum absolute atomic E-state index is 0.0565. The van der Waals surface area contributed by atoms with Crippen molar-refractivity contribution in [2.75, 3.05) is 6.54 Å². The molecule has 0 aliphatic rings. The van der Waals surface area contributed by atoms with Crippen LogP contribution in [-0.2, 0) is 6.42 Å². The second-order valence-corrected chi connectivity index (χ2v) is 4.75. The van der Waals surface area contributed by atoms with Gasteiger partial charge in [-0.15, -0.1) is 0 Å². The molecule has 21 heavy (non-hydrogen) atoms. The molecular formula is C16H16F2N2O. The van der Waals surface area contributed by atoms with Gasteiger partial charge in [-0.2, -0.15) is 0 Å². The summed E-state index contributed by atoms with van der Waals surface area (Å²) in [6.07, 6.45) is 0.556. The van der Waals surface area contributed by atoms with E-state index in [-0.39, 0.29) is 18.2 Å². The quantitative estimate of drug-likeness (QED) is 0.887. The predicted octanol–water partition coefficient (Wildman–Crippen LogP) is 2.26. The van der Waals surface area contributed by atoms with Gasteiger partial charge < -0.3 is 11.1 Å². The molecule has 0 radical (unpaired) electrons. The topological polar surface area (TPSA) is 55.1 Å². The van der Waals surface area contributed by atoms with Crippen molar-refractivity contribution in [1.29, 1.82) is 0 Å². The Morgan fingerprint density at radius 3 is 2.29 bits per heavy atom. The summed E-state index contributed by atoms with van der Waals surface area (Å²) in [5, 5.41) is 2.69. The molecule has 5 heteroatoms. The Bertz CT molecular complexity index is 597. The van der Waals surface area contributed by atoms with Crippen molar-refractivity contribution in [1.82, 2.24) is 5.32 Å². The molecule has 3 nitrogen and oxygen atoms in total. The molecule has 0 aliphatic carbocycles. The lowest BCUT2D eigenvalue weighted by Crippen LogP contribution is -2.41. The van der Waals surface area contributed by atoms with E-state index in [2.05, 4.69) is 5.32 Å². The molecule has 2 rings (SSSR count). The number of benzene rings is 2. The maximum absolute atomic E-state index is 13.1. The van der Waals surface area contributed by atoms with Crippen LogP contribution in [0.2, 0.25) is 0 Å². The molecule has 1 unspecified atom stereocenters. The zero-order chi connectivity index (χ0) is 15.2. The zero-order valence-electron chi connectivity index (χ0n) is 11.4. The van der Waals surface area contributed by atoms with Gasteiger partial charge in [-0.3, -0.25) is 4.79 Å². The van der Waals surface area contributed by atoms with Crippen LogP contribution in [0.25, 0.3) is 0 Å². The highest BCUT2D eigenvalue weighted by molar-refractivity contribution is 5.94. The molecule has 0 bridgehead atoms. The van der Waals surface area contributed by atoms with E-state index in [1.54, 1.807) is 0 Å². The van der Waals surface area contributed by atoms with Gasteiger partial charge in [-0.25, -0.2) is 8.78 Å². The third-order valence-electron chi connectivity index (χ3n) is 3.07. The number of nitrogens with one attached hydrogen (secondary N) is 1. The summed E-state index contributed by atoms with van der Waals surface area (Å²) >= 11 is 0. The van der Waals surface area contributed by atoms with Gasteiger partial charge in [0.05, 0.1) is 0 Å². The molecule has 0 aromatic heterocycles. The highest BCUT2D eigenvalue weighted by Crippen LogP contribution is 2.09. The van der Waals surface area contributed by atoms with Crippen LogP contribution in [0.3, 0.4) is 0 Å². The average Bonchev–Trinajstić information content (AvgIpc) is 2.46. The number of hydrogen-bond acceptors (Lipinski definition) is 2. The molecule has 110 valence electrons. The molecular weight excluding hydrogens is 274 g/mol. The van der Waals surface area contributed by atoms with E-state index in [4.69, 9.17) is 5.73 Å². The Balaban J connectivity index is 2.05. The lowest BCUT2D eigenvalue weighted by molar-refractivity contribution is 0.0937. The molecule has 2 aromatic carbocycles. The number of carbonyl (C=O) groups excluding carboxylic acids is 1. The fourth-order valence-corrected chi connectivity index (χ4v) is 2.05. The van der Waals surface area contributed by atoms with Crippen molar-refractivity contribution in [2.45, 2.75) is 12.5 Å². The Morgan fingerprint density at radius 1 is 1.10 bits per heavy atom. The summed E-state index contributed by atoms with van der Waals surface area (Å²) < 4.78 is 26.2. The Labute approximate surface area is 121 Å². The van der Waals surface area contributed by atoms with Crippen molar-refractivity contribution in [3.05, 3.63) is 71.3 Å². The molecule has 0 saturated heterocycles. The average molecular weight is 290 g/mol. The highest BCUT2D eigenvalue weighted by atomic mass is 19.1. The second-order valence-electron chi connectivity index (χ2n) is 4.75. The zero-order valence-corrected chi connectivity index (χ0v) is 11.4. The second kappa shape index (κ2) is 6.95. The van der Waals surface area contributed by atoms with E-state index in [0.29, 0.717) is 6.42 Å². The molecule has 2 aromatic rings. The largest absolute Gasteiger partial charge is 0.348 e. The lowest BCUT2D eigenvalue weighted by Gasteiger charge is -2.17. The van der Waals surface area contributed by atoms with Crippen molar-refractivity contribution in [3.8, 4) is 0 Å². The SMILES string of the molecule is NCC(Cc1ccccc1)NC(=O)c1cc(F)cc(F)c1. The summed E-state index contributed by atoms with van der Waals surface area (Å²) in [5.74, 6) is -2.11. The maximum atomic E-state index is 13.1. The van der Waals surface area contributed by atoms with Crippen molar-refractivity contribution >= 4 is 5.91 Å². The van der Waals surface area contributed by atoms with Crippen molar-refractivity contribution in [2.24, 2.45) is 5.73 Å². The van der Waals surface area contributed by atoms with Crippen LogP contribution in [-0.4, -0.2) is 18.5 Å². The summed E-state index contributed by atoms with van der Waals surface area (Å²) in [7, 11) is 0.